The van der Waals surface area contributed by atoms with Gasteiger partial charge >= 0.3 is 0 Å². The first kappa shape index (κ1) is 26.0. The molecule has 188 valence electrons. The fourth-order valence-electron chi connectivity index (χ4n) is 5.74. The van der Waals surface area contributed by atoms with E-state index in [1.54, 1.807) is 0 Å². The number of carbonyl (C=O) groups excluding carboxylic acids is 2. The van der Waals surface area contributed by atoms with Crippen LogP contribution in [0.1, 0.15) is 30.9 Å². The van der Waals surface area contributed by atoms with E-state index in [4.69, 9.17) is 5.73 Å². The van der Waals surface area contributed by atoms with Crippen molar-refractivity contribution in [3.8, 4) is 0 Å². The van der Waals surface area contributed by atoms with E-state index in [0.717, 1.165) is 59.5 Å². The first-order valence-electron chi connectivity index (χ1n) is 12.6. The van der Waals surface area contributed by atoms with Crippen LogP contribution < -0.4 is 11.1 Å². The highest BCUT2D eigenvalue weighted by Gasteiger charge is 2.53. The minimum Gasteiger partial charge on any atom is -0.369 e. The van der Waals surface area contributed by atoms with Gasteiger partial charge < -0.3 is 15.5 Å². The molecule has 1 saturated heterocycles. The van der Waals surface area contributed by atoms with Gasteiger partial charge in [-0.2, -0.15) is 0 Å². The highest BCUT2D eigenvalue weighted by atomic mass is 32.2. The number of hydrogen-bond donors (Lipinski definition) is 2. The van der Waals surface area contributed by atoms with E-state index in [9.17, 15) is 9.59 Å². The summed E-state index contributed by atoms with van der Waals surface area (Å²) in [4.78, 5) is 25.7. The molecule has 0 radical (unpaired) electrons. The Morgan fingerprint density at radius 3 is 2.08 bits per heavy atom. The molecule has 0 bridgehead atoms. The standard InChI is InChI=1S/C30H35N3O2S/c1-23(34)32-27-14-16-28(17-15-27)36-21-9-19-33(2)20-18-26(22-33)30(29(31)35,24-10-5-3-6-11-24)25-12-7-4-8-13-25/h3-8,10-17,26H,9,18-22H2,1-2H3,(H2-,31,32,34,35)/p+1/t26-,33?/m1/s1. The number of nitrogens with zero attached hydrogens (tertiary/aromatic N) is 1. The summed E-state index contributed by atoms with van der Waals surface area (Å²) in [6.07, 6.45) is 2.04. The molecule has 3 N–H and O–H groups in total. The Labute approximate surface area is 218 Å². The summed E-state index contributed by atoms with van der Waals surface area (Å²) in [5, 5.41) is 2.81. The Kier molecular flexibility index (Phi) is 8.17. The highest BCUT2D eigenvalue weighted by molar-refractivity contribution is 7.99. The molecule has 0 spiro atoms. The van der Waals surface area contributed by atoms with E-state index in [-0.39, 0.29) is 17.7 Å². The number of amides is 2. The zero-order chi connectivity index (χ0) is 25.6. The molecule has 1 heterocycles. The van der Waals surface area contributed by atoms with Crippen LogP contribution >= 0.6 is 11.8 Å². The molecular formula is C30H36N3O2S+. The van der Waals surface area contributed by atoms with Crippen LogP contribution in [0.5, 0.6) is 0 Å². The van der Waals surface area contributed by atoms with Gasteiger partial charge in [0, 0.05) is 42.0 Å². The summed E-state index contributed by atoms with van der Waals surface area (Å²) in [6, 6.07) is 28.2. The second kappa shape index (κ2) is 11.3. The monoisotopic (exact) mass is 502 g/mol. The highest BCUT2D eigenvalue weighted by Crippen LogP contribution is 2.45. The molecule has 1 aliphatic heterocycles. The normalized spacial score (nSPS) is 19.7. The third-order valence-electron chi connectivity index (χ3n) is 7.42. The van der Waals surface area contributed by atoms with Gasteiger partial charge in [-0.25, -0.2) is 0 Å². The number of nitrogens with two attached hydrogens (primary N) is 1. The topological polar surface area (TPSA) is 72.2 Å². The Morgan fingerprint density at radius 1 is 0.972 bits per heavy atom. The summed E-state index contributed by atoms with van der Waals surface area (Å²) in [5.74, 6) is 0.836. The number of hydrogen-bond acceptors (Lipinski definition) is 3. The molecule has 4 rings (SSSR count). The quantitative estimate of drug-likeness (QED) is 0.231. The summed E-state index contributed by atoms with van der Waals surface area (Å²) in [6.45, 7) is 4.53. The Morgan fingerprint density at radius 2 is 1.56 bits per heavy atom. The van der Waals surface area contributed by atoms with Crippen LogP contribution in [0.4, 0.5) is 5.69 Å². The summed E-state index contributed by atoms with van der Waals surface area (Å²) in [5.41, 5.74) is 8.22. The summed E-state index contributed by atoms with van der Waals surface area (Å²) < 4.78 is 0.946. The van der Waals surface area contributed by atoms with E-state index < -0.39 is 5.41 Å². The molecule has 3 aromatic carbocycles. The van der Waals surface area contributed by atoms with Crippen molar-refractivity contribution in [1.29, 1.82) is 0 Å². The van der Waals surface area contributed by atoms with Crippen molar-refractivity contribution in [3.05, 3.63) is 96.1 Å². The number of anilines is 1. The van der Waals surface area contributed by atoms with Gasteiger partial charge in [0.2, 0.25) is 11.8 Å². The largest absolute Gasteiger partial charge is 0.369 e. The van der Waals surface area contributed by atoms with Gasteiger partial charge in [0.15, 0.2) is 0 Å². The maximum absolute atomic E-state index is 13.3. The first-order chi connectivity index (χ1) is 17.3. The van der Waals surface area contributed by atoms with Gasteiger partial charge in [0.25, 0.3) is 0 Å². The van der Waals surface area contributed by atoms with Crippen molar-refractivity contribution < 1.29 is 14.1 Å². The zero-order valence-corrected chi connectivity index (χ0v) is 22.0. The number of rotatable bonds is 10. The van der Waals surface area contributed by atoms with Gasteiger partial charge in [0.05, 0.1) is 26.7 Å². The maximum Gasteiger partial charge on any atom is 0.233 e. The smallest absolute Gasteiger partial charge is 0.233 e. The molecule has 1 aliphatic rings. The molecule has 1 fully saturated rings. The second-order valence-electron chi connectivity index (χ2n) is 10.0. The Bertz CT molecular complexity index is 1130. The van der Waals surface area contributed by atoms with Gasteiger partial charge in [-0.1, -0.05) is 60.7 Å². The van der Waals surface area contributed by atoms with Crippen molar-refractivity contribution in [1.82, 2.24) is 0 Å². The molecule has 36 heavy (non-hydrogen) atoms. The molecule has 0 aromatic heterocycles. The molecule has 2 amide bonds. The van der Waals surface area contributed by atoms with E-state index in [0.29, 0.717) is 0 Å². The van der Waals surface area contributed by atoms with Crippen LogP contribution in [0.2, 0.25) is 0 Å². The number of thioether (sulfide) groups is 1. The predicted octanol–water partition coefficient (Wildman–Crippen LogP) is 5.07. The molecule has 1 unspecified atom stereocenters. The van der Waals surface area contributed by atoms with Crippen molar-refractivity contribution in [3.63, 3.8) is 0 Å². The number of likely N-dealkylation sites (tertiary alicyclic amines) is 1. The van der Waals surface area contributed by atoms with Crippen LogP contribution in [-0.4, -0.2) is 48.7 Å². The molecule has 3 aromatic rings. The van der Waals surface area contributed by atoms with Crippen LogP contribution in [0.15, 0.2) is 89.8 Å². The fraction of sp³-hybridized carbons (Fsp3) is 0.333. The predicted molar refractivity (Wildman–Crippen MR) is 148 cm³/mol. The number of quaternary nitrogens is 1. The summed E-state index contributed by atoms with van der Waals surface area (Å²) in [7, 11) is 2.31. The number of nitrogens with one attached hydrogen (secondary N) is 1. The molecule has 6 heteroatoms. The molecule has 0 aliphatic carbocycles. The lowest BCUT2D eigenvalue weighted by Gasteiger charge is -2.38. The maximum atomic E-state index is 13.3. The molecule has 5 nitrogen and oxygen atoms in total. The van der Waals surface area contributed by atoms with Crippen LogP contribution in [0.25, 0.3) is 0 Å². The molecular weight excluding hydrogens is 466 g/mol. The van der Waals surface area contributed by atoms with Gasteiger partial charge in [0.1, 0.15) is 5.41 Å². The first-order valence-corrected chi connectivity index (χ1v) is 13.6. The van der Waals surface area contributed by atoms with Crippen LogP contribution in [0.3, 0.4) is 0 Å². The number of benzene rings is 3. The van der Waals surface area contributed by atoms with Gasteiger partial charge in [-0.15, -0.1) is 11.8 Å². The lowest BCUT2D eigenvalue weighted by molar-refractivity contribution is -0.899. The third-order valence-corrected chi connectivity index (χ3v) is 8.52. The van der Waals surface area contributed by atoms with Gasteiger partial charge in [-0.3, -0.25) is 9.59 Å². The van der Waals surface area contributed by atoms with Gasteiger partial charge in [-0.05, 0) is 35.4 Å². The summed E-state index contributed by atoms with van der Waals surface area (Å²) >= 11 is 1.84. The van der Waals surface area contributed by atoms with Crippen LogP contribution in [0, 0.1) is 5.92 Å². The second-order valence-corrected chi connectivity index (χ2v) is 11.2. The van der Waals surface area contributed by atoms with E-state index in [2.05, 4.69) is 24.5 Å². The fourth-order valence-corrected chi connectivity index (χ4v) is 6.58. The van der Waals surface area contributed by atoms with E-state index in [1.165, 1.54) is 11.8 Å². The van der Waals surface area contributed by atoms with Crippen molar-refractivity contribution in [2.45, 2.75) is 30.1 Å². The van der Waals surface area contributed by atoms with Crippen molar-refractivity contribution in [2.24, 2.45) is 11.7 Å². The van der Waals surface area contributed by atoms with Crippen molar-refractivity contribution >= 4 is 29.3 Å². The van der Waals surface area contributed by atoms with Crippen molar-refractivity contribution in [2.75, 3.05) is 37.8 Å². The lowest BCUT2D eigenvalue weighted by atomic mass is 9.64. The zero-order valence-electron chi connectivity index (χ0n) is 21.2. The molecule has 0 saturated carbocycles. The Hall–Kier alpha value is -3.09. The SMILES string of the molecule is CC(=O)Nc1ccc(SCCC[N+]2(C)CC[C@@H](C(C(N)=O)(c3ccccc3)c3ccccc3)C2)cc1. The average molecular weight is 503 g/mol. The lowest BCUT2D eigenvalue weighted by Crippen LogP contribution is -2.51. The van der Waals surface area contributed by atoms with Crippen LogP contribution in [-0.2, 0) is 15.0 Å². The number of primary amides is 1. The third kappa shape index (κ3) is 5.66. The minimum atomic E-state index is -0.830. The van der Waals surface area contributed by atoms with E-state index >= 15 is 0 Å². The minimum absolute atomic E-state index is 0.0591. The average Bonchev–Trinajstić information content (AvgIpc) is 3.26. The number of carbonyl (C=O) groups is 2. The van der Waals surface area contributed by atoms with E-state index in [1.807, 2.05) is 84.6 Å². The molecule has 2 atom stereocenters. The Balaban J connectivity index is 1.44.